The van der Waals surface area contributed by atoms with Gasteiger partial charge in [0, 0.05) is 16.4 Å². The number of fused-ring (bicyclic) bond motifs is 1. The van der Waals surface area contributed by atoms with Crippen molar-refractivity contribution in [2.24, 2.45) is 0 Å². The second kappa shape index (κ2) is 8.55. The van der Waals surface area contributed by atoms with E-state index in [4.69, 9.17) is 14.6 Å². The average Bonchev–Trinajstić information content (AvgIpc) is 3.26. The third-order valence-corrected chi connectivity index (χ3v) is 6.75. The molecule has 7 nitrogen and oxygen atoms in total. The van der Waals surface area contributed by atoms with Crippen LogP contribution < -0.4 is 14.8 Å². The maximum Gasteiger partial charge on any atom is 0.229 e. The number of hydrogen-bond acceptors (Lipinski definition) is 5. The summed E-state index contributed by atoms with van der Waals surface area (Å²) in [6, 6.07) is 11.4. The molecule has 1 N–H and O–H groups in total. The maximum absolute atomic E-state index is 13.0. The molecular weight excluding hydrogens is 414 g/mol. The van der Waals surface area contributed by atoms with Crippen LogP contribution in [0.2, 0.25) is 0 Å². The Bertz CT molecular complexity index is 1190. The largest absolute Gasteiger partial charge is 0.493 e. The normalized spacial score (nSPS) is 14.9. The molecule has 0 spiro atoms. The molecule has 2 aromatic carbocycles. The first-order valence-electron chi connectivity index (χ1n) is 9.94. The van der Waals surface area contributed by atoms with Gasteiger partial charge in [0.05, 0.1) is 43.5 Å². The van der Waals surface area contributed by atoms with Crippen LogP contribution in [0.5, 0.6) is 11.5 Å². The van der Waals surface area contributed by atoms with Gasteiger partial charge in [-0.3, -0.25) is 9.00 Å². The van der Waals surface area contributed by atoms with E-state index < -0.39 is 10.8 Å². The second-order valence-corrected chi connectivity index (χ2v) is 9.00. The van der Waals surface area contributed by atoms with Crippen LogP contribution in [0.1, 0.15) is 27.9 Å². The van der Waals surface area contributed by atoms with Crippen molar-refractivity contribution in [3.05, 3.63) is 64.3 Å². The highest BCUT2D eigenvalue weighted by molar-refractivity contribution is 7.83. The highest BCUT2D eigenvalue weighted by Crippen LogP contribution is 2.33. The SMILES string of the molecule is COc1ccc(CC(=O)Nc2c3c(nn2-c2cccc(C)c2C)C[S@@](=O)C3)cc1OC. The van der Waals surface area contributed by atoms with Crippen molar-refractivity contribution in [2.45, 2.75) is 31.8 Å². The van der Waals surface area contributed by atoms with Gasteiger partial charge in [0.1, 0.15) is 5.82 Å². The summed E-state index contributed by atoms with van der Waals surface area (Å²) in [5, 5.41) is 7.72. The van der Waals surface area contributed by atoms with Gasteiger partial charge in [-0.15, -0.1) is 0 Å². The molecule has 0 radical (unpaired) electrons. The van der Waals surface area contributed by atoms with Crippen molar-refractivity contribution < 1.29 is 18.5 Å². The van der Waals surface area contributed by atoms with Gasteiger partial charge in [-0.25, -0.2) is 4.68 Å². The number of rotatable bonds is 6. The predicted octanol–water partition coefficient (Wildman–Crippen LogP) is 3.45. The molecule has 0 bridgehead atoms. The number of hydrogen-bond donors (Lipinski definition) is 1. The van der Waals surface area contributed by atoms with Crippen LogP contribution in [0.15, 0.2) is 36.4 Å². The predicted molar refractivity (Wildman–Crippen MR) is 120 cm³/mol. The van der Waals surface area contributed by atoms with Crippen molar-refractivity contribution >= 4 is 22.5 Å². The molecule has 1 aliphatic heterocycles. The van der Waals surface area contributed by atoms with Crippen LogP contribution in [0.3, 0.4) is 0 Å². The molecule has 0 saturated heterocycles. The zero-order chi connectivity index (χ0) is 22.1. The number of carbonyl (C=O) groups excluding carboxylic acids is 1. The van der Waals surface area contributed by atoms with E-state index in [1.54, 1.807) is 31.0 Å². The van der Waals surface area contributed by atoms with E-state index in [1.807, 2.05) is 38.1 Å². The highest BCUT2D eigenvalue weighted by Gasteiger charge is 2.28. The fraction of sp³-hybridized carbons (Fsp3) is 0.304. The van der Waals surface area contributed by atoms with Gasteiger partial charge in [0.2, 0.25) is 5.91 Å². The first-order valence-corrected chi connectivity index (χ1v) is 11.4. The van der Waals surface area contributed by atoms with Crippen molar-refractivity contribution in [2.75, 3.05) is 19.5 Å². The lowest BCUT2D eigenvalue weighted by molar-refractivity contribution is -0.115. The van der Waals surface area contributed by atoms with Crippen LogP contribution in [0, 0.1) is 13.8 Å². The van der Waals surface area contributed by atoms with Gasteiger partial charge in [-0.05, 0) is 48.7 Å². The summed E-state index contributed by atoms with van der Waals surface area (Å²) in [6.07, 6.45) is 0.163. The zero-order valence-corrected chi connectivity index (χ0v) is 18.8. The number of aromatic nitrogens is 2. The molecule has 1 aliphatic rings. The Hall–Kier alpha value is -3.13. The van der Waals surface area contributed by atoms with Crippen molar-refractivity contribution in [1.29, 1.82) is 0 Å². The molecule has 31 heavy (non-hydrogen) atoms. The van der Waals surface area contributed by atoms with Crippen LogP contribution in [-0.2, 0) is 33.5 Å². The molecule has 1 atom stereocenters. The molecule has 1 amide bonds. The molecule has 0 fully saturated rings. The third-order valence-electron chi connectivity index (χ3n) is 5.54. The number of benzene rings is 2. The molecule has 0 aliphatic carbocycles. The Morgan fingerprint density at radius 2 is 1.90 bits per heavy atom. The van der Waals surface area contributed by atoms with Crippen LogP contribution in [0.4, 0.5) is 5.82 Å². The summed E-state index contributed by atoms with van der Waals surface area (Å²) in [4.78, 5) is 13.0. The van der Waals surface area contributed by atoms with E-state index in [0.717, 1.165) is 33.6 Å². The van der Waals surface area contributed by atoms with Crippen molar-refractivity contribution in [3.8, 4) is 17.2 Å². The molecule has 162 valence electrons. The molecular formula is C23H25N3O4S. The lowest BCUT2D eigenvalue weighted by atomic mass is 10.1. The number of anilines is 1. The van der Waals surface area contributed by atoms with Gasteiger partial charge in [-0.1, -0.05) is 18.2 Å². The summed E-state index contributed by atoms with van der Waals surface area (Å²) in [5.74, 6) is 2.40. The first kappa shape index (κ1) is 21.1. The van der Waals surface area contributed by atoms with E-state index in [2.05, 4.69) is 5.32 Å². The van der Waals surface area contributed by atoms with E-state index in [0.29, 0.717) is 28.8 Å². The minimum atomic E-state index is -0.991. The summed E-state index contributed by atoms with van der Waals surface area (Å²) in [7, 11) is 2.14. The van der Waals surface area contributed by atoms with Crippen LogP contribution >= 0.6 is 0 Å². The lowest BCUT2D eigenvalue weighted by Crippen LogP contribution is -2.19. The second-order valence-electron chi connectivity index (χ2n) is 7.55. The lowest BCUT2D eigenvalue weighted by Gasteiger charge is -2.14. The summed E-state index contributed by atoms with van der Waals surface area (Å²) >= 11 is 0. The highest BCUT2D eigenvalue weighted by atomic mass is 32.2. The van der Waals surface area contributed by atoms with Gasteiger partial charge >= 0.3 is 0 Å². The molecule has 3 aromatic rings. The number of nitrogens with one attached hydrogen (secondary N) is 1. The standard InChI is InChI=1S/C23H25N3O4S/c1-14-6-5-7-19(15(14)2)26-23(17-12-31(28)13-18(17)25-26)24-22(27)11-16-8-9-20(29-3)21(10-16)30-4/h5-10H,11-13H2,1-4H3,(H,24,27)/t31-/m0/s1. The summed E-state index contributed by atoms with van der Waals surface area (Å²) in [5.41, 5.74) is 5.55. The summed E-state index contributed by atoms with van der Waals surface area (Å²) < 4.78 is 24.5. The minimum Gasteiger partial charge on any atom is -0.493 e. The Morgan fingerprint density at radius 1 is 1.13 bits per heavy atom. The van der Waals surface area contributed by atoms with Gasteiger partial charge in [0.25, 0.3) is 0 Å². The molecule has 1 aromatic heterocycles. The number of carbonyl (C=O) groups is 1. The monoisotopic (exact) mass is 439 g/mol. The van der Waals surface area contributed by atoms with Crippen molar-refractivity contribution in [1.82, 2.24) is 9.78 Å². The van der Waals surface area contributed by atoms with Crippen LogP contribution in [-0.4, -0.2) is 34.1 Å². The van der Waals surface area contributed by atoms with Gasteiger partial charge in [-0.2, -0.15) is 5.10 Å². The van der Waals surface area contributed by atoms with E-state index >= 15 is 0 Å². The number of methoxy groups -OCH3 is 2. The first-order chi connectivity index (χ1) is 14.9. The maximum atomic E-state index is 13.0. The van der Waals surface area contributed by atoms with Crippen LogP contribution in [0.25, 0.3) is 5.69 Å². The Balaban J connectivity index is 1.66. The van der Waals surface area contributed by atoms with Gasteiger partial charge in [0.15, 0.2) is 11.5 Å². The number of aryl methyl sites for hydroxylation is 1. The van der Waals surface area contributed by atoms with E-state index in [-0.39, 0.29) is 12.3 Å². The molecule has 0 saturated carbocycles. The zero-order valence-electron chi connectivity index (χ0n) is 18.0. The number of nitrogens with zero attached hydrogens (tertiary/aromatic N) is 2. The van der Waals surface area contributed by atoms with E-state index in [9.17, 15) is 9.00 Å². The molecule has 2 heterocycles. The molecule has 8 heteroatoms. The topological polar surface area (TPSA) is 82.5 Å². The Morgan fingerprint density at radius 3 is 2.65 bits per heavy atom. The van der Waals surface area contributed by atoms with E-state index in [1.165, 1.54) is 0 Å². The molecule has 4 rings (SSSR count). The minimum absolute atomic E-state index is 0.163. The third kappa shape index (κ3) is 4.07. The van der Waals surface area contributed by atoms with Crippen molar-refractivity contribution in [3.63, 3.8) is 0 Å². The van der Waals surface area contributed by atoms with Gasteiger partial charge < -0.3 is 14.8 Å². The average molecular weight is 440 g/mol. The Labute approximate surface area is 183 Å². The molecule has 0 unspecified atom stereocenters. The Kier molecular flexibility index (Phi) is 5.82. The number of amides is 1. The number of ether oxygens (including phenoxy) is 2. The fourth-order valence-electron chi connectivity index (χ4n) is 3.75. The summed E-state index contributed by atoms with van der Waals surface area (Å²) in [6.45, 7) is 4.07. The quantitative estimate of drug-likeness (QED) is 0.636. The smallest absolute Gasteiger partial charge is 0.229 e. The fourth-order valence-corrected chi connectivity index (χ4v) is 5.01.